The third-order valence-corrected chi connectivity index (χ3v) is 4.57. The molecule has 4 heteroatoms. The number of anilines is 1. The highest BCUT2D eigenvalue weighted by atomic mass is 16.2. The highest BCUT2D eigenvalue weighted by molar-refractivity contribution is 6.06. The Morgan fingerprint density at radius 1 is 1.14 bits per heavy atom. The van der Waals surface area contributed by atoms with E-state index in [9.17, 15) is 9.59 Å². The molecule has 0 saturated carbocycles. The van der Waals surface area contributed by atoms with Crippen LogP contribution in [-0.4, -0.2) is 36.3 Å². The van der Waals surface area contributed by atoms with Gasteiger partial charge in [0, 0.05) is 31.6 Å². The third-order valence-electron chi connectivity index (χ3n) is 4.57. The van der Waals surface area contributed by atoms with E-state index in [1.165, 1.54) is 0 Å². The Labute approximate surface area is 125 Å². The van der Waals surface area contributed by atoms with Gasteiger partial charge in [0.05, 0.1) is 5.69 Å². The summed E-state index contributed by atoms with van der Waals surface area (Å²) in [4.78, 5) is 28.7. The van der Waals surface area contributed by atoms with E-state index < -0.39 is 0 Å². The fraction of sp³-hybridized carbons (Fsp3) is 0.529. The van der Waals surface area contributed by atoms with Crippen LogP contribution in [0, 0.1) is 5.92 Å². The molecule has 0 bridgehead atoms. The Morgan fingerprint density at radius 3 is 2.62 bits per heavy atom. The number of nitrogens with zero attached hydrogens (tertiary/aromatic N) is 2. The van der Waals surface area contributed by atoms with Gasteiger partial charge in [0.15, 0.2) is 5.78 Å². The van der Waals surface area contributed by atoms with Crippen LogP contribution >= 0.6 is 0 Å². The van der Waals surface area contributed by atoms with Crippen LogP contribution in [0.5, 0.6) is 0 Å². The van der Waals surface area contributed by atoms with Crippen molar-refractivity contribution in [2.45, 2.75) is 32.6 Å². The van der Waals surface area contributed by atoms with Gasteiger partial charge in [-0.15, -0.1) is 0 Å². The first-order valence-corrected chi connectivity index (χ1v) is 7.85. The molecule has 1 fully saturated rings. The number of fused-ring (bicyclic) bond motifs is 1. The summed E-state index contributed by atoms with van der Waals surface area (Å²) < 4.78 is 0. The molecule has 1 saturated heterocycles. The number of rotatable bonds is 0. The molecular weight excluding hydrogens is 264 g/mol. The van der Waals surface area contributed by atoms with Gasteiger partial charge in [-0.25, -0.2) is 4.79 Å². The molecule has 0 atom stereocenters. The Kier molecular flexibility index (Phi) is 3.95. The lowest BCUT2D eigenvalue weighted by Crippen LogP contribution is -2.47. The number of urea groups is 1. The molecule has 112 valence electrons. The van der Waals surface area contributed by atoms with Crippen molar-refractivity contribution in [3.05, 3.63) is 29.8 Å². The Hall–Kier alpha value is -1.84. The maximum Gasteiger partial charge on any atom is 0.324 e. The second kappa shape index (κ2) is 5.88. The van der Waals surface area contributed by atoms with Crippen molar-refractivity contribution in [3.8, 4) is 0 Å². The standard InChI is InChI=1S/C17H22N2O2/c1-13-8-11-18(12-9-13)17(21)19-10-4-7-16(20)14-5-2-3-6-15(14)19/h2-3,5-6,13H,4,7-12H2,1H3. The van der Waals surface area contributed by atoms with Crippen LogP contribution in [0.4, 0.5) is 10.5 Å². The molecule has 2 aliphatic heterocycles. The predicted octanol–water partition coefficient (Wildman–Crippen LogP) is 3.32. The molecule has 3 rings (SSSR count). The number of hydrogen-bond acceptors (Lipinski definition) is 2. The van der Waals surface area contributed by atoms with Gasteiger partial charge >= 0.3 is 6.03 Å². The molecule has 4 nitrogen and oxygen atoms in total. The molecule has 2 amide bonds. The van der Waals surface area contributed by atoms with Crippen molar-refractivity contribution in [1.29, 1.82) is 0 Å². The van der Waals surface area contributed by atoms with Crippen LogP contribution in [-0.2, 0) is 0 Å². The fourth-order valence-electron chi connectivity index (χ4n) is 3.17. The van der Waals surface area contributed by atoms with Gasteiger partial charge in [-0.05, 0) is 37.3 Å². The van der Waals surface area contributed by atoms with E-state index in [1.54, 1.807) is 4.90 Å². The molecule has 2 aliphatic rings. The maximum absolute atomic E-state index is 12.8. The smallest absolute Gasteiger partial charge is 0.324 e. The number of para-hydroxylation sites is 1. The van der Waals surface area contributed by atoms with Gasteiger partial charge in [-0.3, -0.25) is 9.69 Å². The van der Waals surface area contributed by atoms with Crippen LogP contribution < -0.4 is 4.90 Å². The summed E-state index contributed by atoms with van der Waals surface area (Å²) in [5.41, 5.74) is 1.47. The molecule has 2 heterocycles. The molecular formula is C17H22N2O2. The summed E-state index contributed by atoms with van der Waals surface area (Å²) in [7, 11) is 0. The predicted molar refractivity (Wildman–Crippen MR) is 82.7 cm³/mol. The number of hydrogen-bond donors (Lipinski definition) is 0. The van der Waals surface area contributed by atoms with Crippen molar-refractivity contribution < 1.29 is 9.59 Å². The monoisotopic (exact) mass is 286 g/mol. The van der Waals surface area contributed by atoms with E-state index >= 15 is 0 Å². The van der Waals surface area contributed by atoms with Gasteiger partial charge in [0.25, 0.3) is 0 Å². The van der Waals surface area contributed by atoms with Crippen LogP contribution in [0.1, 0.15) is 43.0 Å². The topological polar surface area (TPSA) is 40.6 Å². The number of carbonyl (C=O) groups excluding carboxylic acids is 2. The number of piperidine rings is 1. The first kappa shape index (κ1) is 14.1. The van der Waals surface area contributed by atoms with Gasteiger partial charge in [0.2, 0.25) is 0 Å². The highest BCUT2D eigenvalue weighted by Crippen LogP contribution is 2.28. The number of carbonyl (C=O) groups is 2. The van der Waals surface area contributed by atoms with Crippen LogP contribution in [0.2, 0.25) is 0 Å². The summed E-state index contributed by atoms with van der Waals surface area (Å²) in [6, 6.07) is 7.55. The van der Waals surface area contributed by atoms with E-state index in [0.717, 1.165) is 38.0 Å². The maximum atomic E-state index is 12.8. The Balaban J connectivity index is 1.86. The lowest BCUT2D eigenvalue weighted by atomic mass is 9.99. The normalized spacial score (nSPS) is 20.1. The SMILES string of the molecule is CC1CCN(C(=O)N2CCCC(=O)c3ccccc32)CC1. The number of Topliss-reactive ketones (excluding diaryl/α,β-unsaturated/α-hetero) is 1. The molecule has 0 N–H and O–H groups in total. The summed E-state index contributed by atoms with van der Waals surface area (Å²) in [6.45, 7) is 4.52. The number of amides is 2. The summed E-state index contributed by atoms with van der Waals surface area (Å²) in [5, 5.41) is 0. The highest BCUT2D eigenvalue weighted by Gasteiger charge is 2.29. The second-order valence-electron chi connectivity index (χ2n) is 6.15. The first-order chi connectivity index (χ1) is 10.2. The van der Waals surface area contributed by atoms with Gasteiger partial charge in [-0.1, -0.05) is 19.1 Å². The number of ketones is 1. The molecule has 0 unspecified atom stereocenters. The zero-order chi connectivity index (χ0) is 14.8. The quantitative estimate of drug-likeness (QED) is 0.734. The van der Waals surface area contributed by atoms with Gasteiger partial charge < -0.3 is 4.90 Å². The van der Waals surface area contributed by atoms with Gasteiger partial charge in [-0.2, -0.15) is 0 Å². The van der Waals surface area contributed by atoms with Crippen molar-refractivity contribution >= 4 is 17.5 Å². The molecule has 21 heavy (non-hydrogen) atoms. The van der Waals surface area contributed by atoms with Crippen molar-refractivity contribution in [3.63, 3.8) is 0 Å². The zero-order valence-electron chi connectivity index (χ0n) is 12.5. The Morgan fingerprint density at radius 2 is 1.86 bits per heavy atom. The van der Waals surface area contributed by atoms with Crippen molar-refractivity contribution in [2.24, 2.45) is 5.92 Å². The van der Waals surface area contributed by atoms with E-state index in [-0.39, 0.29) is 11.8 Å². The van der Waals surface area contributed by atoms with E-state index in [1.807, 2.05) is 29.2 Å². The molecule has 1 aromatic carbocycles. The fourth-order valence-corrected chi connectivity index (χ4v) is 3.17. The summed E-state index contributed by atoms with van der Waals surface area (Å²) in [5.74, 6) is 0.847. The van der Waals surface area contributed by atoms with Gasteiger partial charge in [0.1, 0.15) is 0 Å². The zero-order valence-corrected chi connectivity index (χ0v) is 12.5. The molecule has 0 aromatic heterocycles. The lowest BCUT2D eigenvalue weighted by Gasteiger charge is -2.35. The summed E-state index contributed by atoms with van der Waals surface area (Å²) in [6.07, 6.45) is 3.40. The van der Waals surface area contributed by atoms with Crippen molar-refractivity contribution in [1.82, 2.24) is 4.90 Å². The Bertz CT molecular complexity index is 547. The summed E-state index contributed by atoms with van der Waals surface area (Å²) >= 11 is 0. The minimum atomic E-state index is 0.0593. The molecule has 0 spiro atoms. The number of likely N-dealkylation sites (tertiary alicyclic amines) is 1. The molecule has 0 aliphatic carbocycles. The second-order valence-corrected chi connectivity index (χ2v) is 6.15. The molecule has 1 aromatic rings. The van der Waals surface area contributed by atoms with Crippen molar-refractivity contribution in [2.75, 3.05) is 24.5 Å². The number of benzene rings is 1. The van der Waals surface area contributed by atoms with Crippen LogP contribution in [0.3, 0.4) is 0 Å². The van der Waals surface area contributed by atoms with Crippen LogP contribution in [0.15, 0.2) is 24.3 Å². The average molecular weight is 286 g/mol. The van der Waals surface area contributed by atoms with E-state index in [2.05, 4.69) is 6.92 Å². The van der Waals surface area contributed by atoms with E-state index in [4.69, 9.17) is 0 Å². The third kappa shape index (κ3) is 2.80. The average Bonchev–Trinajstić information content (AvgIpc) is 2.67. The molecule has 0 radical (unpaired) electrons. The lowest BCUT2D eigenvalue weighted by molar-refractivity contribution is 0.0983. The minimum absolute atomic E-state index is 0.0593. The van der Waals surface area contributed by atoms with E-state index in [0.29, 0.717) is 24.4 Å². The van der Waals surface area contributed by atoms with Crippen LogP contribution in [0.25, 0.3) is 0 Å². The first-order valence-electron chi connectivity index (χ1n) is 7.85. The largest absolute Gasteiger partial charge is 0.324 e. The minimum Gasteiger partial charge on any atom is -0.324 e.